The number of hydrogen-bond acceptors (Lipinski definition) is 4. The number of aliphatic hydroxyl groups is 1. The van der Waals surface area contributed by atoms with Crippen molar-refractivity contribution in [1.82, 2.24) is 4.72 Å². The lowest BCUT2D eigenvalue weighted by Crippen LogP contribution is -2.30. The fourth-order valence-electron chi connectivity index (χ4n) is 1.66. The highest BCUT2D eigenvalue weighted by molar-refractivity contribution is 7.89. The van der Waals surface area contributed by atoms with Crippen molar-refractivity contribution >= 4 is 44.6 Å². The highest BCUT2D eigenvalue weighted by Gasteiger charge is 2.25. The van der Waals surface area contributed by atoms with Crippen LogP contribution in [0.2, 0.25) is 8.67 Å². The molecule has 2 N–H and O–H groups in total. The molecule has 1 aromatic heterocycles. The van der Waals surface area contributed by atoms with E-state index in [-0.39, 0.29) is 20.2 Å². The van der Waals surface area contributed by atoms with Crippen LogP contribution in [0.5, 0.6) is 0 Å². The van der Waals surface area contributed by atoms with Crippen molar-refractivity contribution in [3.8, 4) is 0 Å². The Hall–Kier alpha value is -0.630. The monoisotopic (exact) mass is 351 g/mol. The van der Waals surface area contributed by atoms with Crippen LogP contribution in [0.25, 0.3) is 0 Å². The first-order chi connectivity index (χ1) is 9.44. The molecule has 0 fully saturated rings. The van der Waals surface area contributed by atoms with Gasteiger partial charge in [-0.1, -0.05) is 53.5 Å². The molecule has 0 unspecified atom stereocenters. The highest BCUT2D eigenvalue weighted by atomic mass is 35.5. The Bertz CT molecular complexity index is 686. The number of thiophene rings is 1. The quantitative estimate of drug-likeness (QED) is 0.869. The molecule has 20 heavy (non-hydrogen) atoms. The zero-order valence-electron chi connectivity index (χ0n) is 10.1. The van der Waals surface area contributed by atoms with Gasteiger partial charge in [0.1, 0.15) is 9.23 Å². The Morgan fingerprint density at radius 1 is 1.25 bits per heavy atom. The Labute approximate surface area is 131 Å². The van der Waals surface area contributed by atoms with Crippen molar-refractivity contribution in [3.63, 3.8) is 0 Å². The van der Waals surface area contributed by atoms with Gasteiger partial charge in [-0.25, -0.2) is 13.1 Å². The minimum Gasteiger partial charge on any atom is -0.394 e. The number of aliphatic hydroxyl groups excluding tert-OH is 1. The van der Waals surface area contributed by atoms with Gasteiger partial charge in [-0.3, -0.25) is 0 Å². The molecule has 0 spiro atoms. The Balaban J connectivity index is 2.29. The summed E-state index contributed by atoms with van der Waals surface area (Å²) in [5.74, 6) is 0. The summed E-state index contributed by atoms with van der Waals surface area (Å²) >= 11 is 12.6. The predicted octanol–water partition coefficient (Wildman–Crippen LogP) is 3.07. The average molecular weight is 352 g/mol. The molecule has 0 radical (unpaired) electrons. The van der Waals surface area contributed by atoms with E-state index in [0.29, 0.717) is 5.56 Å². The van der Waals surface area contributed by atoms with Crippen molar-refractivity contribution in [2.24, 2.45) is 0 Å². The average Bonchev–Trinajstić information content (AvgIpc) is 2.77. The second-order valence-electron chi connectivity index (χ2n) is 3.96. The summed E-state index contributed by atoms with van der Waals surface area (Å²) in [5.41, 5.74) is 0.663. The Morgan fingerprint density at radius 2 is 1.90 bits per heavy atom. The number of hydrogen-bond donors (Lipinski definition) is 2. The smallest absolute Gasteiger partial charge is 0.243 e. The lowest BCUT2D eigenvalue weighted by Gasteiger charge is -2.16. The van der Waals surface area contributed by atoms with E-state index in [9.17, 15) is 13.5 Å². The molecule has 0 bridgehead atoms. The van der Waals surface area contributed by atoms with Gasteiger partial charge in [-0.15, -0.1) is 11.3 Å². The molecular formula is C12H11Cl2NO3S2. The molecule has 1 heterocycles. The van der Waals surface area contributed by atoms with Gasteiger partial charge in [-0.05, 0) is 11.6 Å². The van der Waals surface area contributed by atoms with E-state index >= 15 is 0 Å². The summed E-state index contributed by atoms with van der Waals surface area (Å²) in [6.45, 7) is -0.362. The van der Waals surface area contributed by atoms with E-state index in [1.807, 2.05) is 6.07 Å². The third-order valence-corrected chi connectivity index (χ3v) is 5.82. The van der Waals surface area contributed by atoms with Crippen LogP contribution >= 0.6 is 34.5 Å². The van der Waals surface area contributed by atoms with E-state index in [2.05, 4.69) is 4.72 Å². The van der Waals surface area contributed by atoms with Crippen molar-refractivity contribution in [2.45, 2.75) is 10.9 Å². The maximum Gasteiger partial charge on any atom is 0.243 e. The van der Waals surface area contributed by atoms with Gasteiger partial charge >= 0.3 is 0 Å². The van der Waals surface area contributed by atoms with Gasteiger partial charge in [0, 0.05) is 0 Å². The third kappa shape index (κ3) is 3.52. The molecular weight excluding hydrogens is 341 g/mol. The van der Waals surface area contributed by atoms with Gasteiger partial charge in [0.2, 0.25) is 10.0 Å². The fourth-order valence-corrected chi connectivity index (χ4v) is 5.02. The summed E-state index contributed by atoms with van der Waals surface area (Å²) in [6.07, 6.45) is 0. The topological polar surface area (TPSA) is 66.4 Å². The van der Waals surface area contributed by atoms with E-state index in [0.717, 1.165) is 11.3 Å². The maximum absolute atomic E-state index is 12.3. The molecule has 1 aromatic carbocycles. The van der Waals surface area contributed by atoms with E-state index in [4.69, 9.17) is 23.2 Å². The number of halogens is 2. The molecule has 0 amide bonds. The molecule has 0 aliphatic carbocycles. The standard InChI is InChI=1S/C12H11Cl2NO3S2/c13-11-6-10(12(14)19-11)20(17,18)15-9(7-16)8-4-2-1-3-5-8/h1-6,9,15-16H,7H2/t9-/m0/s1. The van der Waals surface area contributed by atoms with Crippen LogP contribution in [0, 0.1) is 0 Å². The number of sulfonamides is 1. The molecule has 2 aromatic rings. The minimum absolute atomic E-state index is 0.0800. The molecule has 0 saturated heterocycles. The largest absolute Gasteiger partial charge is 0.394 e. The molecule has 4 nitrogen and oxygen atoms in total. The zero-order valence-corrected chi connectivity index (χ0v) is 13.2. The van der Waals surface area contributed by atoms with Crippen LogP contribution in [0.15, 0.2) is 41.3 Å². The van der Waals surface area contributed by atoms with Crippen LogP contribution in [-0.2, 0) is 10.0 Å². The van der Waals surface area contributed by atoms with E-state index in [1.165, 1.54) is 6.07 Å². The van der Waals surface area contributed by atoms with Gasteiger partial charge in [0.05, 0.1) is 17.0 Å². The minimum atomic E-state index is -3.85. The van der Waals surface area contributed by atoms with Crippen LogP contribution in [0.3, 0.4) is 0 Å². The molecule has 0 aliphatic heterocycles. The third-order valence-electron chi connectivity index (χ3n) is 2.60. The van der Waals surface area contributed by atoms with Gasteiger partial charge in [-0.2, -0.15) is 0 Å². The second kappa shape index (κ2) is 6.43. The maximum atomic E-state index is 12.3. The Morgan fingerprint density at radius 3 is 2.40 bits per heavy atom. The summed E-state index contributed by atoms with van der Waals surface area (Å²) in [4.78, 5) is -0.0800. The Kier molecular flexibility index (Phi) is 5.06. The van der Waals surface area contributed by atoms with Crippen LogP contribution in [0.4, 0.5) is 0 Å². The van der Waals surface area contributed by atoms with Crippen molar-refractivity contribution in [2.75, 3.05) is 6.61 Å². The fraction of sp³-hybridized carbons (Fsp3) is 0.167. The summed E-state index contributed by atoms with van der Waals surface area (Å²) in [7, 11) is -3.85. The van der Waals surface area contributed by atoms with Crippen LogP contribution < -0.4 is 4.72 Å². The molecule has 0 saturated carbocycles. The van der Waals surface area contributed by atoms with Crippen molar-refractivity contribution in [3.05, 3.63) is 50.6 Å². The first-order valence-electron chi connectivity index (χ1n) is 5.57. The number of rotatable bonds is 5. The highest BCUT2D eigenvalue weighted by Crippen LogP contribution is 2.34. The predicted molar refractivity (Wildman–Crippen MR) is 80.9 cm³/mol. The first-order valence-corrected chi connectivity index (χ1v) is 8.62. The molecule has 8 heteroatoms. The number of benzene rings is 1. The molecule has 0 aliphatic rings. The van der Waals surface area contributed by atoms with Crippen LogP contribution in [-0.4, -0.2) is 20.1 Å². The first kappa shape index (κ1) is 15.8. The normalized spacial score (nSPS) is 13.3. The van der Waals surface area contributed by atoms with E-state index < -0.39 is 16.1 Å². The molecule has 1 atom stereocenters. The molecule has 108 valence electrons. The number of nitrogens with one attached hydrogen (secondary N) is 1. The van der Waals surface area contributed by atoms with Crippen molar-refractivity contribution in [1.29, 1.82) is 0 Å². The summed E-state index contributed by atoms with van der Waals surface area (Å²) < 4.78 is 27.3. The van der Waals surface area contributed by atoms with Gasteiger partial charge in [0.15, 0.2) is 0 Å². The zero-order chi connectivity index (χ0) is 14.8. The van der Waals surface area contributed by atoms with E-state index in [1.54, 1.807) is 24.3 Å². The van der Waals surface area contributed by atoms with Crippen molar-refractivity contribution < 1.29 is 13.5 Å². The van der Waals surface area contributed by atoms with Gasteiger partial charge < -0.3 is 5.11 Å². The SMILES string of the molecule is O=S(=O)(N[C@@H](CO)c1ccccc1)c1cc(Cl)sc1Cl. The summed E-state index contributed by atoms with van der Waals surface area (Å²) in [5, 5.41) is 9.38. The van der Waals surface area contributed by atoms with Gasteiger partial charge in [0.25, 0.3) is 0 Å². The second-order valence-corrected chi connectivity index (χ2v) is 7.92. The lowest BCUT2D eigenvalue weighted by molar-refractivity contribution is 0.259. The lowest BCUT2D eigenvalue weighted by atomic mass is 10.1. The molecule has 2 rings (SSSR count). The van der Waals surface area contributed by atoms with Crippen LogP contribution in [0.1, 0.15) is 11.6 Å². The summed E-state index contributed by atoms with van der Waals surface area (Å²) in [6, 6.07) is 9.34.